The van der Waals surface area contributed by atoms with E-state index in [0.717, 1.165) is 6.42 Å². The fraction of sp³-hybridized carbons (Fsp3) is 0.278. The summed E-state index contributed by atoms with van der Waals surface area (Å²) in [6, 6.07) is 6.44. The molecule has 138 valence electrons. The Balaban J connectivity index is 1.82. The Kier molecular flexibility index (Phi) is 7.62. The van der Waals surface area contributed by atoms with Crippen LogP contribution in [0.4, 0.5) is 5.69 Å². The van der Waals surface area contributed by atoms with Gasteiger partial charge in [0.2, 0.25) is 5.91 Å². The Morgan fingerprint density at radius 2 is 1.85 bits per heavy atom. The molecule has 0 saturated carbocycles. The van der Waals surface area contributed by atoms with Gasteiger partial charge in [-0.2, -0.15) is 11.3 Å². The number of hydrogen-bond donors (Lipinski definition) is 3. The van der Waals surface area contributed by atoms with Gasteiger partial charge < -0.3 is 16.0 Å². The lowest BCUT2D eigenvalue weighted by Crippen LogP contribution is -2.27. The van der Waals surface area contributed by atoms with Crippen LogP contribution in [-0.2, 0) is 4.79 Å². The van der Waals surface area contributed by atoms with Crippen LogP contribution in [0.1, 0.15) is 40.5 Å². The van der Waals surface area contributed by atoms with Crippen LogP contribution in [0.2, 0.25) is 5.02 Å². The van der Waals surface area contributed by atoms with Gasteiger partial charge in [0, 0.05) is 36.1 Å². The normalized spacial score (nSPS) is 10.2. The molecule has 1 aromatic heterocycles. The number of amides is 3. The molecule has 0 bridgehead atoms. The zero-order valence-corrected chi connectivity index (χ0v) is 15.9. The largest absolute Gasteiger partial charge is 0.352 e. The van der Waals surface area contributed by atoms with Crippen molar-refractivity contribution < 1.29 is 14.4 Å². The van der Waals surface area contributed by atoms with Crippen molar-refractivity contribution in [3.05, 3.63) is 51.2 Å². The highest BCUT2D eigenvalue weighted by molar-refractivity contribution is 7.08. The number of rotatable bonds is 8. The molecule has 3 N–H and O–H groups in total. The van der Waals surface area contributed by atoms with E-state index in [4.69, 9.17) is 11.6 Å². The summed E-state index contributed by atoms with van der Waals surface area (Å²) < 4.78 is 0. The average molecular weight is 394 g/mol. The number of thiophene rings is 1. The molecule has 0 atom stereocenters. The highest BCUT2D eigenvalue weighted by Gasteiger charge is 2.12. The molecule has 26 heavy (non-hydrogen) atoms. The van der Waals surface area contributed by atoms with Gasteiger partial charge in [-0.25, -0.2) is 0 Å². The van der Waals surface area contributed by atoms with Crippen molar-refractivity contribution in [1.29, 1.82) is 0 Å². The molecular weight excluding hydrogens is 374 g/mol. The van der Waals surface area contributed by atoms with Gasteiger partial charge in [-0.3, -0.25) is 14.4 Å². The van der Waals surface area contributed by atoms with E-state index in [9.17, 15) is 14.4 Å². The number of anilines is 1. The fourth-order valence-electron chi connectivity index (χ4n) is 2.12. The molecule has 0 unspecified atom stereocenters. The van der Waals surface area contributed by atoms with Gasteiger partial charge in [0.05, 0.1) is 10.6 Å². The Bertz CT molecular complexity index is 778. The van der Waals surface area contributed by atoms with E-state index in [0.29, 0.717) is 23.4 Å². The number of carbonyl (C=O) groups is 3. The van der Waals surface area contributed by atoms with Crippen LogP contribution >= 0.6 is 22.9 Å². The topological polar surface area (TPSA) is 87.3 Å². The maximum atomic E-state index is 12.0. The zero-order chi connectivity index (χ0) is 18.9. The van der Waals surface area contributed by atoms with Gasteiger partial charge in [-0.15, -0.1) is 0 Å². The second kappa shape index (κ2) is 9.94. The van der Waals surface area contributed by atoms with Gasteiger partial charge >= 0.3 is 0 Å². The van der Waals surface area contributed by atoms with Crippen molar-refractivity contribution in [3.63, 3.8) is 0 Å². The van der Waals surface area contributed by atoms with E-state index in [-0.39, 0.29) is 35.7 Å². The van der Waals surface area contributed by atoms with Gasteiger partial charge in [-0.05, 0) is 36.1 Å². The number of carbonyl (C=O) groups excluding carboxylic acids is 3. The lowest BCUT2D eigenvalue weighted by atomic mass is 10.2. The molecule has 0 spiro atoms. The summed E-state index contributed by atoms with van der Waals surface area (Å²) in [5, 5.41) is 12.0. The highest BCUT2D eigenvalue weighted by Crippen LogP contribution is 2.21. The molecule has 1 aromatic carbocycles. The third kappa shape index (κ3) is 5.86. The third-order valence-corrected chi connectivity index (χ3v) is 4.45. The van der Waals surface area contributed by atoms with E-state index in [1.54, 1.807) is 23.6 Å². The van der Waals surface area contributed by atoms with Crippen LogP contribution in [0.25, 0.3) is 0 Å². The van der Waals surface area contributed by atoms with Crippen molar-refractivity contribution in [1.82, 2.24) is 10.6 Å². The predicted octanol–water partition coefficient (Wildman–Crippen LogP) is 3.30. The lowest BCUT2D eigenvalue weighted by Gasteiger charge is -2.09. The quantitative estimate of drug-likeness (QED) is 0.643. The van der Waals surface area contributed by atoms with Crippen LogP contribution in [0.3, 0.4) is 0 Å². The van der Waals surface area contributed by atoms with Crippen molar-refractivity contribution in [2.24, 2.45) is 0 Å². The third-order valence-electron chi connectivity index (χ3n) is 3.45. The first-order valence-corrected chi connectivity index (χ1v) is 9.51. The zero-order valence-electron chi connectivity index (χ0n) is 14.3. The molecule has 0 saturated heterocycles. The van der Waals surface area contributed by atoms with Gasteiger partial charge in [0.15, 0.2) is 0 Å². The first-order valence-electron chi connectivity index (χ1n) is 8.19. The first kappa shape index (κ1) is 19.9. The standard InChI is InChI=1S/C18H20ClN3O3S/c1-2-7-20-18(25)14-4-3-13(10-15(14)19)22-16(23)5-8-21-17(24)12-6-9-26-11-12/h3-4,6,9-11H,2,5,7-8H2,1H3,(H,20,25)(H,21,24)(H,22,23). The first-order chi connectivity index (χ1) is 12.5. The van der Waals surface area contributed by atoms with Crippen LogP contribution < -0.4 is 16.0 Å². The molecule has 0 aliphatic carbocycles. The number of benzene rings is 1. The van der Waals surface area contributed by atoms with E-state index in [2.05, 4.69) is 16.0 Å². The smallest absolute Gasteiger partial charge is 0.252 e. The van der Waals surface area contributed by atoms with Crippen molar-refractivity contribution >= 4 is 46.3 Å². The molecular formula is C18H20ClN3O3S. The highest BCUT2D eigenvalue weighted by atomic mass is 35.5. The Labute approximate surface area is 160 Å². The SMILES string of the molecule is CCCNC(=O)c1ccc(NC(=O)CCNC(=O)c2ccsc2)cc1Cl. The van der Waals surface area contributed by atoms with Crippen LogP contribution in [0.5, 0.6) is 0 Å². The Hall–Kier alpha value is -2.38. The minimum absolute atomic E-state index is 0.131. The van der Waals surface area contributed by atoms with Crippen LogP contribution in [0, 0.1) is 0 Å². The molecule has 3 amide bonds. The molecule has 0 aliphatic rings. The summed E-state index contributed by atoms with van der Waals surface area (Å²) in [7, 11) is 0. The summed E-state index contributed by atoms with van der Waals surface area (Å²) in [6.07, 6.45) is 0.965. The molecule has 8 heteroatoms. The Morgan fingerprint density at radius 3 is 2.50 bits per heavy atom. The summed E-state index contributed by atoms with van der Waals surface area (Å²) in [6.45, 7) is 2.76. The molecule has 0 fully saturated rings. The average Bonchev–Trinajstić information content (AvgIpc) is 3.14. The van der Waals surface area contributed by atoms with Gasteiger partial charge in [0.25, 0.3) is 11.8 Å². The molecule has 0 aliphatic heterocycles. The van der Waals surface area contributed by atoms with E-state index in [1.807, 2.05) is 12.3 Å². The number of nitrogens with one attached hydrogen (secondary N) is 3. The van der Waals surface area contributed by atoms with Gasteiger partial charge in [0.1, 0.15) is 0 Å². The lowest BCUT2D eigenvalue weighted by molar-refractivity contribution is -0.116. The maximum Gasteiger partial charge on any atom is 0.252 e. The molecule has 2 rings (SSSR count). The van der Waals surface area contributed by atoms with Crippen LogP contribution in [0.15, 0.2) is 35.0 Å². The molecule has 1 heterocycles. The second-order valence-corrected chi connectivity index (χ2v) is 6.70. The second-order valence-electron chi connectivity index (χ2n) is 5.52. The Morgan fingerprint density at radius 1 is 1.08 bits per heavy atom. The summed E-state index contributed by atoms with van der Waals surface area (Å²) in [5.41, 5.74) is 1.44. The van der Waals surface area contributed by atoms with Crippen molar-refractivity contribution in [3.8, 4) is 0 Å². The van der Waals surface area contributed by atoms with Gasteiger partial charge in [-0.1, -0.05) is 18.5 Å². The maximum absolute atomic E-state index is 12.0. The molecule has 6 nitrogen and oxygen atoms in total. The minimum Gasteiger partial charge on any atom is -0.352 e. The monoisotopic (exact) mass is 393 g/mol. The van der Waals surface area contributed by atoms with Crippen LogP contribution in [-0.4, -0.2) is 30.8 Å². The number of hydrogen-bond acceptors (Lipinski definition) is 4. The predicted molar refractivity (Wildman–Crippen MR) is 104 cm³/mol. The summed E-state index contributed by atoms with van der Waals surface area (Å²) in [5.74, 6) is -0.703. The minimum atomic E-state index is -0.255. The van der Waals surface area contributed by atoms with Crippen molar-refractivity contribution in [2.75, 3.05) is 18.4 Å². The van der Waals surface area contributed by atoms with E-state index in [1.165, 1.54) is 17.4 Å². The van der Waals surface area contributed by atoms with E-state index < -0.39 is 0 Å². The summed E-state index contributed by atoms with van der Waals surface area (Å²) >= 11 is 7.56. The number of halogens is 1. The fourth-order valence-corrected chi connectivity index (χ4v) is 3.02. The molecule has 2 aromatic rings. The molecule has 0 radical (unpaired) electrons. The summed E-state index contributed by atoms with van der Waals surface area (Å²) in [4.78, 5) is 35.7. The van der Waals surface area contributed by atoms with E-state index >= 15 is 0 Å². The van der Waals surface area contributed by atoms with Crippen molar-refractivity contribution in [2.45, 2.75) is 19.8 Å².